The van der Waals surface area contributed by atoms with E-state index < -0.39 is 0 Å². The molecule has 1 saturated heterocycles. The number of nitrogens with zero attached hydrogens (tertiary/aromatic N) is 6. The topological polar surface area (TPSA) is 50.1 Å². The second-order valence-electron chi connectivity index (χ2n) is 5.79. The third-order valence-electron chi connectivity index (χ3n) is 4.31. The molecule has 0 N–H and O–H groups in total. The highest BCUT2D eigenvalue weighted by atomic mass is 79.9. The van der Waals surface area contributed by atoms with Gasteiger partial charge in [-0.05, 0) is 28.1 Å². The molecule has 1 aliphatic heterocycles. The second kappa shape index (κ2) is 6.01. The first-order valence-electron chi connectivity index (χ1n) is 7.70. The van der Waals surface area contributed by atoms with Crippen molar-refractivity contribution in [3.8, 4) is 0 Å². The average molecular weight is 391 g/mol. The van der Waals surface area contributed by atoms with Crippen LogP contribution >= 0.6 is 15.9 Å². The standard InChI is InChI=1S/C16H16BrFN6/c1-22-3-2-12-14(22)20-10-21-15(12)23-4-6-24(7-5-23)16-13(18)8-11(17)9-19-16/h2-3,8-10H,4-7H2,1H3. The van der Waals surface area contributed by atoms with Crippen LogP contribution < -0.4 is 9.80 Å². The monoisotopic (exact) mass is 390 g/mol. The van der Waals surface area contributed by atoms with Crippen LogP contribution in [0.1, 0.15) is 0 Å². The molecule has 4 heterocycles. The molecule has 8 heteroatoms. The number of aryl methyl sites for hydroxylation is 1. The highest BCUT2D eigenvalue weighted by Crippen LogP contribution is 2.26. The van der Waals surface area contributed by atoms with Crippen molar-refractivity contribution >= 4 is 38.6 Å². The van der Waals surface area contributed by atoms with E-state index in [2.05, 4.69) is 35.8 Å². The average Bonchev–Trinajstić information content (AvgIpc) is 2.97. The fraction of sp³-hybridized carbons (Fsp3) is 0.312. The molecule has 0 aromatic carbocycles. The first-order chi connectivity index (χ1) is 11.6. The van der Waals surface area contributed by atoms with E-state index in [1.165, 1.54) is 6.07 Å². The van der Waals surface area contributed by atoms with Gasteiger partial charge >= 0.3 is 0 Å². The summed E-state index contributed by atoms with van der Waals surface area (Å²) in [6, 6.07) is 3.49. The minimum Gasteiger partial charge on any atom is -0.352 e. The van der Waals surface area contributed by atoms with Crippen LogP contribution in [0.5, 0.6) is 0 Å². The number of anilines is 2. The van der Waals surface area contributed by atoms with E-state index >= 15 is 0 Å². The SMILES string of the molecule is Cn1ccc2c(N3CCN(c4ncc(Br)cc4F)CC3)ncnc21. The molecule has 0 amide bonds. The third-order valence-corrected chi connectivity index (χ3v) is 4.74. The first-order valence-corrected chi connectivity index (χ1v) is 8.50. The summed E-state index contributed by atoms with van der Waals surface area (Å²) in [5.74, 6) is 1.04. The zero-order chi connectivity index (χ0) is 16.7. The summed E-state index contributed by atoms with van der Waals surface area (Å²) < 4.78 is 16.7. The van der Waals surface area contributed by atoms with E-state index in [1.807, 2.05) is 28.8 Å². The van der Waals surface area contributed by atoms with E-state index in [0.717, 1.165) is 29.9 Å². The fourth-order valence-electron chi connectivity index (χ4n) is 3.09. The molecule has 4 rings (SSSR count). The Labute approximate surface area is 147 Å². The summed E-state index contributed by atoms with van der Waals surface area (Å²) >= 11 is 3.24. The van der Waals surface area contributed by atoms with Crippen molar-refractivity contribution in [3.05, 3.63) is 41.1 Å². The van der Waals surface area contributed by atoms with Gasteiger partial charge in [-0.2, -0.15) is 0 Å². The molecule has 0 bridgehead atoms. The van der Waals surface area contributed by atoms with Crippen molar-refractivity contribution < 1.29 is 4.39 Å². The highest BCUT2D eigenvalue weighted by Gasteiger charge is 2.23. The van der Waals surface area contributed by atoms with Crippen LogP contribution in [-0.2, 0) is 7.05 Å². The van der Waals surface area contributed by atoms with Gasteiger partial charge in [-0.1, -0.05) is 0 Å². The van der Waals surface area contributed by atoms with Crippen LogP contribution in [0.4, 0.5) is 16.0 Å². The van der Waals surface area contributed by atoms with E-state index in [-0.39, 0.29) is 5.82 Å². The molecule has 0 atom stereocenters. The van der Waals surface area contributed by atoms with Gasteiger partial charge in [0, 0.05) is 50.1 Å². The van der Waals surface area contributed by atoms with Gasteiger partial charge in [0.15, 0.2) is 11.6 Å². The van der Waals surface area contributed by atoms with E-state index in [9.17, 15) is 4.39 Å². The summed E-state index contributed by atoms with van der Waals surface area (Å²) in [5, 5.41) is 1.04. The van der Waals surface area contributed by atoms with E-state index in [0.29, 0.717) is 23.4 Å². The quantitative estimate of drug-likeness (QED) is 0.672. The molecule has 6 nitrogen and oxygen atoms in total. The minimum absolute atomic E-state index is 0.301. The lowest BCUT2D eigenvalue weighted by molar-refractivity contribution is 0.586. The fourth-order valence-corrected chi connectivity index (χ4v) is 3.39. The number of halogens is 2. The van der Waals surface area contributed by atoms with Crippen molar-refractivity contribution in [3.63, 3.8) is 0 Å². The van der Waals surface area contributed by atoms with Crippen molar-refractivity contribution in [2.24, 2.45) is 7.05 Å². The van der Waals surface area contributed by atoms with Gasteiger partial charge < -0.3 is 14.4 Å². The zero-order valence-electron chi connectivity index (χ0n) is 13.2. The van der Waals surface area contributed by atoms with Crippen molar-refractivity contribution in [1.82, 2.24) is 19.5 Å². The summed E-state index contributed by atoms with van der Waals surface area (Å²) in [6.45, 7) is 2.92. The molecule has 1 aliphatic rings. The molecule has 3 aromatic heterocycles. The van der Waals surface area contributed by atoms with Gasteiger partial charge in [0.1, 0.15) is 17.8 Å². The molecule has 0 radical (unpaired) electrons. The molecular weight excluding hydrogens is 375 g/mol. The van der Waals surface area contributed by atoms with Gasteiger partial charge in [-0.25, -0.2) is 19.3 Å². The van der Waals surface area contributed by atoms with Gasteiger partial charge in [0.05, 0.1) is 5.39 Å². The molecule has 0 saturated carbocycles. The van der Waals surface area contributed by atoms with Crippen LogP contribution in [0, 0.1) is 5.82 Å². The van der Waals surface area contributed by atoms with Gasteiger partial charge in [-0.15, -0.1) is 0 Å². The Balaban J connectivity index is 1.55. The number of hydrogen-bond donors (Lipinski definition) is 0. The molecule has 24 heavy (non-hydrogen) atoms. The van der Waals surface area contributed by atoms with Crippen LogP contribution in [0.2, 0.25) is 0 Å². The van der Waals surface area contributed by atoms with Crippen molar-refractivity contribution in [1.29, 1.82) is 0 Å². The zero-order valence-corrected chi connectivity index (χ0v) is 14.7. The number of fused-ring (bicyclic) bond motifs is 1. The number of pyridine rings is 1. The predicted octanol–water partition coefficient (Wildman–Crippen LogP) is 2.59. The van der Waals surface area contributed by atoms with E-state index in [1.54, 1.807) is 12.5 Å². The Morgan fingerprint density at radius 1 is 1.04 bits per heavy atom. The molecule has 1 fully saturated rings. The Morgan fingerprint density at radius 2 is 1.75 bits per heavy atom. The van der Waals surface area contributed by atoms with Crippen LogP contribution in [0.3, 0.4) is 0 Å². The number of hydrogen-bond acceptors (Lipinski definition) is 5. The number of aromatic nitrogens is 4. The number of piperazine rings is 1. The molecule has 124 valence electrons. The Hall–Kier alpha value is -2.22. The summed E-state index contributed by atoms with van der Waals surface area (Å²) in [6.07, 6.45) is 5.21. The highest BCUT2D eigenvalue weighted by molar-refractivity contribution is 9.10. The smallest absolute Gasteiger partial charge is 0.166 e. The van der Waals surface area contributed by atoms with E-state index in [4.69, 9.17) is 0 Å². The van der Waals surface area contributed by atoms with Crippen molar-refractivity contribution in [2.45, 2.75) is 0 Å². The van der Waals surface area contributed by atoms with Crippen LogP contribution in [0.25, 0.3) is 11.0 Å². The lowest BCUT2D eigenvalue weighted by Crippen LogP contribution is -2.47. The lowest BCUT2D eigenvalue weighted by Gasteiger charge is -2.36. The maximum Gasteiger partial charge on any atom is 0.166 e. The van der Waals surface area contributed by atoms with Gasteiger partial charge in [0.2, 0.25) is 0 Å². The molecule has 0 unspecified atom stereocenters. The maximum absolute atomic E-state index is 14.1. The van der Waals surface area contributed by atoms with Crippen molar-refractivity contribution in [2.75, 3.05) is 36.0 Å². The summed E-state index contributed by atoms with van der Waals surface area (Å²) in [5.41, 5.74) is 0.919. The minimum atomic E-state index is -0.301. The Morgan fingerprint density at radius 3 is 2.46 bits per heavy atom. The largest absolute Gasteiger partial charge is 0.352 e. The first kappa shape index (κ1) is 15.3. The second-order valence-corrected chi connectivity index (χ2v) is 6.71. The molecule has 0 spiro atoms. The van der Waals surface area contributed by atoms with Crippen LogP contribution in [0.15, 0.2) is 35.3 Å². The Kier molecular flexibility index (Phi) is 3.84. The Bertz CT molecular complexity index is 887. The summed E-state index contributed by atoms with van der Waals surface area (Å²) in [4.78, 5) is 17.2. The molecule has 0 aliphatic carbocycles. The third kappa shape index (κ3) is 2.60. The van der Waals surface area contributed by atoms with Gasteiger partial charge in [-0.3, -0.25) is 0 Å². The van der Waals surface area contributed by atoms with Gasteiger partial charge in [0.25, 0.3) is 0 Å². The maximum atomic E-state index is 14.1. The predicted molar refractivity (Wildman–Crippen MR) is 94.8 cm³/mol. The summed E-state index contributed by atoms with van der Waals surface area (Å²) in [7, 11) is 1.97. The lowest BCUT2D eigenvalue weighted by atomic mass is 10.2. The van der Waals surface area contributed by atoms with Crippen LogP contribution in [-0.4, -0.2) is 45.7 Å². The normalized spacial score (nSPS) is 15.3. The molecule has 3 aromatic rings. The number of rotatable bonds is 2. The molecular formula is C16H16BrFN6.